The average Bonchev–Trinajstić information content (AvgIpc) is 2.81. The summed E-state index contributed by atoms with van der Waals surface area (Å²) in [4.78, 5) is 26.6. The highest BCUT2D eigenvalue weighted by molar-refractivity contribution is 5.89. The summed E-state index contributed by atoms with van der Waals surface area (Å²) in [5, 5.41) is 2.09. The molecule has 0 bridgehead atoms. The molecule has 3 aromatic rings. The highest BCUT2D eigenvalue weighted by Crippen LogP contribution is 2.31. The van der Waals surface area contributed by atoms with Crippen LogP contribution in [0.4, 0.5) is 0 Å². The van der Waals surface area contributed by atoms with E-state index in [1.54, 1.807) is 4.90 Å². The van der Waals surface area contributed by atoms with Crippen molar-refractivity contribution in [1.29, 1.82) is 0 Å². The second kappa shape index (κ2) is 9.51. The number of carbonyl (C=O) groups excluding carboxylic acids is 2. The maximum absolute atomic E-state index is 12.6. The largest absolute Gasteiger partial charge is 0.486 e. The molecule has 3 aromatic carbocycles. The van der Waals surface area contributed by atoms with Crippen molar-refractivity contribution in [1.82, 2.24) is 4.90 Å². The fourth-order valence-corrected chi connectivity index (χ4v) is 3.67. The summed E-state index contributed by atoms with van der Waals surface area (Å²) in [7, 11) is 0. The molecule has 0 N–H and O–H groups in total. The lowest BCUT2D eigenvalue weighted by molar-refractivity contribution is -0.151. The van der Waals surface area contributed by atoms with Crippen LogP contribution in [0, 0.1) is 0 Å². The molecule has 0 saturated heterocycles. The van der Waals surface area contributed by atoms with Crippen LogP contribution in [0.1, 0.15) is 18.1 Å². The highest BCUT2D eigenvalue weighted by Gasteiger charge is 2.18. The van der Waals surface area contributed by atoms with E-state index in [0.717, 1.165) is 21.9 Å². The first kappa shape index (κ1) is 20.7. The standard InChI is InChI=1S/C25H25NO5/c1-2-26(16-18-10-11-22-23(14-18)30-13-12-29-22)24(27)17-31-25(28)15-20-8-5-7-19-6-3-4-9-21(19)20/h3-11,14H,2,12-13,15-17H2,1H3. The molecule has 0 aromatic heterocycles. The van der Waals surface area contributed by atoms with E-state index in [4.69, 9.17) is 14.2 Å². The third-order valence-corrected chi connectivity index (χ3v) is 5.29. The Kier molecular flexibility index (Phi) is 6.36. The Hall–Kier alpha value is -3.54. The minimum Gasteiger partial charge on any atom is -0.486 e. The number of hydrogen-bond donors (Lipinski definition) is 0. The topological polar surface area (TPSA) is 65.1 Å². The smallest absolute Gasteiger partial charge is 0.310 e. The van der Waals surface area contributed by atoms with Crippen LogP contribution in [-0.2, 0) is 27.3 Å². The molecule has 0 saturated carbocycles. The second-order valence-electron chi connectivity index (χ2n) is 7.36. The van der Waals surface area contributed by atoms with E-state index in [1.165, 1.54) is 0 Å². The van der Waals surface area contributed by atoms with Gasteiger partial charge < -0.3 is 19.1 Å². The summed E-state index contributed by atoms with van der Waals surface area (Å²) in [5.74, 6) is 0.754. The molecule has 0 radical (unpaired) electrons. The van der Waals surface area contributed by atoms with Crippen LogP contribution in [-0.4, -0.2) is 43.1 Å². The van der Waals surface area contributed by atoms with Gasteiger partial charge in [0.15, 0.2) is 18.1 Å². The first-order chi connectivity index (χ1) is 15.1. The van der Waals surface area contributed by atoms with Crippen molar-refractivity contribution in [2.45, 2.75) is 19.9 Å². The van der Waals surface area contributed by atoms with Crippen molar-refractivity contribution < 1.29 is 23.8 Å². The molecule has 6 heteroatoms. The van der Waals surface area contributed by atoms with Gasteiger partial charge in [-0.15, -0.1) is 0 Å². The van der Waals surface area contributed by atoms with Gasteiger partial charge in [0.1, 0.15) is 13.2 Å². The van der Waals surface area contributed by atoms with Gasteiger partial charge in [-0.3, -0.25) is 9.59 Å². The SMILES string of the molecule is CCN(Cc1ccc2c(c1)OCCO2)C(=O)COC(=O)Cc1cccc2ccccc12. The van der Waals surface area contributed by atoms with Gasteiger partial charge in [0, 0.05) is 13.1 Å². The summed E-state index contributed by atoms with van der Waals surface area (Å²) in [5.41, 5.74) is 1.82. The molecular formula is C25H25NO5. The number of nitrogens with zero attached hydrogens (tertiary/aromatic N) is 1. The Labute approximate surface area is 181 Å². The number of hydrogen-bond acceptors (Lipinski definition) is 5. The van der Waals surface area contributed by atoms with E-state index >= 15 is 0 Å². The Morgan fingerprint density at radius 3 is 2.58 bits per heavy atom. The average molecular weight is 419 g/mol. The molecule has 0 fully saturated rings. The van der Waals surface area contributed by atoms with Crippen LogP contribution in [0.3, 0.4) is 0 Å². The minimum absolute atomic E-state index is 0.128. The van der Waals surface area contributed by atoms with Crippen LogP contribution >= 0.6 is 0 Å². The Morgan fingerprint density at radius 2 is 1.74 bits per heavy atom. The molecule has 0 spiro atoms. The van der Waals surface area contributed by atoms with Gasteiger partial charge in [-0.25, -0.2) is 0 Å². The highest BCUT2D eigenvalue weighted by atomic mass is 16.6. The lowest BCUT2D eigenvalue weighted by Gasteiger charge is -2.23. The predicted molar refractivity (Wildman–Crippen MR) is 117 cm³/mol. The maximum Gasteiger partial charge on any atom is 0.310 e. The van der Waals surface area contributed by atoms with E-state index < -0.39 is 5.97 Å². The molecule has 4 rings (SSSR count). The van der Waals surface area contributed by atoms with E-state index in [2.05, 4.69) is 0 Å². The summed E-state index contributed by atoms with van der Waals surface area (Å²) in [6.45, 7) is 3.59. The van der Waals surface area contributed by atoms with Crippen LogP contribution in [0.25, 0.3) is 10.8 Å². The lowest BCUT2D eigenvalue weighted by atomic mass is 10.0. The number of carbonyl (C=O) groups is 2. The van der Waals surface area contributed by atoms with Crippen molar-refractivity contribution in [2.24, 2.45) is 0 Å². The molecule has 1 aliphatic heterocycles. The van der Waals surface area contributed by atoms with Gasteiger partial charge in [0.2, 0.25) is 0 Å². The summed E-state index contributed by atoms with van der Waals surface area (Å²) in [6, 6.07) is 19.4. The molecule has 0 aliphatic carbocycles. The Balaban J connectivity index is 1.34. The normalized spacial score (nSPS) is 12.4. The molecule has 160 valence electrons. The first-order valence-electron chi connectivity index (χ1n) is 10.4. The quantitative estimate of drug-likeness (QED) is 0.546. The molecule has 31 heavy (non-hydrogen) atoms. The number of rotatable bonds is 7. The van der Waals surface area contributed by atoms with Crippen molar-refractivity contribution in [2.75, 3.05) is 26.4 Å². The Bertz CT molecular complexity index is 1090. The van der Waals surface area contributed by atoms with Crippen molar-refractivity contribution in [3.8, 4) is 11.5 Å². The van der Waals surface area contributed by atoms with Crippen LogP contribution < -0.4 is 9.47 Å². The van der Waals surface area contributed by atoms with Gasteiger partial charge in [0.25, 0.3) is 5.91 Å². The third-order valence-electron chi connectivity index (χ3n) is 5.29. The van der Waals surface area contributed by atoms with Crippen molar-refractivity contribution >= 4 is 22.6 Å². The van der Waals surface area contributed by atoms with E-state index in [-0.39, 0.29) is 18.9 Å². The van der Waals surface area contributed by atoms with Gasteiger partial charge >= 0.3 is 5.97 Å². The van der Waals surface area contributed by atoms with Gasteiger partial charge in [-0.2, -0.15) is 0 Å². The zero-order valence-electron chi connectivity index (χ0n) is 17.5. The molecular weight excluding hydrogens is 394 g/mol. The van der Waals surface area contributed by atoms with E-state index in [9.17, 15) is 9.59 Å². The number of amides is 1. The Morgan fingerprint density at radius 1 is 0.968 bits per heavy atom. The van der Waals surface area contributed by atoms with E-state index in [0.29, 0.717) is 37.8 Å². The van der Waals surface area contributed by atoms with Crippen LogP contribution in [0.2, 0.25) is 0 Å². The summed E-state index contributed by atoms with van der Waals surface area (Å²) in [6.07, 6.45) is 0.128. The van der Waals surface area contributed by atoms with Crippen molar-refractivity contribution in [3.63, 3.8) is 0 Å². The second-order valence-corrected chi connectivity index (χ2v) is 7.36. The number of likely N-dealkylation sites (N-methyl/N-ethyl adjacent to an activating group) is 1. The minimum atomic E-state index is -0.417. The molecule has 6 nitrogen and oxygen atoms in total. The van der Waals surface area contributed by atoms with Gasteiger partial charge in [-0.05, 0) is 41.0 Å². The molecule has 0 atom stereocenters. The number of benzene rings is 3. The van der Waals surface area contributed by atoms with E-state index in [1.807, 2.05) is 67.6 Å². The fraction of sp³-hybridized carbons (Fsp3) is 0.280. The maximum atomic E-state index is 12.6. The molecule has 1 heterocycles. The fourth-order valence-electron chi connectivity index (χ4n) is 3.67. The summed E-state index contributed by atoms with van der Waals surface area (Å²) >= 11 is 0. The van der Waals surface area contributed by atoms with Crippen LogP contribution in [0.5, 0.6) is 11.5 Å². The molecule has 1 amide bonds. The molecule has 0 unspecified atom stereocenters. The number of fused-ring (bicyclic) bond motifs is 2. The number of ether oxygens (including phenoxy) is 3. The third kappa shape index (κ3) is 4.97. The van der Waals surface area contributed by atoms with Gasteiger partial charge in [-0.1, -0.05) is 48.5 Å². The monoisotopic (exact) mass is 419 g/mol. The summed E-state index contributed by atoms with van der Waals surface area (Å²) < 4.78 is 16.4. The zero-order chi connectivity index (χ0) is 21.6. The van der Waals surface area contributed by atoms with Gasteiger partial charge in [0.05, 0.1) is 6.42 Å². The van der Waals surface area contributed by atoms with Crippen molar-refractivity contribution in [3.05, 3.63) is 71.8 Å². The lowest BCUT2D eigenvalue weighted by Crippen LogP contribution is -2.34. The number of esters is 1. The van der Waals surface area contributed by atoms with Crippen LogP contribution in [0.15, 0.2) is 60.7 Å². The zero-order valence-corrected chi connectivity index (χ0v) is 17.5. The molecule has 1 aliphatic rings. The predicted octanol–water partition coefficient (Wildman–Crippen LogP) is 3.75. The first-order valence-corrected chi connectivity index (χ1v) is 10.4.